The van der Waals surface area contributed by atoms with Crippen molar-refractivity contribution < 1.29 is 19.2 Å². The summed E-state index contributed by atoms with van der Waals surface area (Å²) in [5.41, 5.74) is 6.91. The van der Waals surface area contributed by atoms with E-state index < -0.39 is 16.7 Å². The van der Waals surface area contributed by atoms with Crippen LogP contribution in [-0.4, -0.2) is 28.5 Å². The van der Waals surface area contributed by atoms with Gasteiger partial charge in [0.15, 0.2) is 11.7 Å². The van der Waals surface area contributed by atoms with E-state index in [1.165, 1.54) is 36.4 Å². The van der Waals surface area contributed by atoms with Gasteiger partial charge < -0.3 is 4.74 Å². The van der Waals surface area contributed by atoms with E-state index in [0.717, 1.165) is 11.1 Å². The number of nitro groups is 1. The normalized spacial score (nSPS) is 10.4. The first-order valence-corrected chi connectivity index (χ1v) is 9.66. The van der Waals surface area contributed by atoms with E-state index in [9.17, 15) is 19.7 Å². The van der Waals surface area contributed by atoms with Gasteiger partial charge in [-0.05, 0) is 73.1 Å². The maximum absolute atomic E-state index is 11.9. The predicted octanol–water partition coefficient (Wildman–Crippen LogP) is 2.98. The average Bonchev–Trinajstić information content (AvgIpc) is 2.73. The van der Waals surface area contributed by atoms with Crippen molar-refractivity contribution in [3.8, 4) is 5.75 Å². The Kier molecular flexibility index (Phi) is 8.47. The highest BCUT2D eigenvalue weighted by molar-refractivity contribution is 7.80. The number of hydrogen-bond donors (Lipinski definition) is 3. The number of carbonyl (C=O) groups is 2. The van der Waals surface area contributed by atoms with E-state index in [0.29, 0.717) is 16.3 Å². The quantitative estimate of drug-likeness (QED) is 0.261. The molecule has 0 bridgehead atoms. The number of halogens is 1. The maximum atomic E-state index is 11.9. The summed E-state index contributed by atoms with van der Waals surface area (Å²) in [6.45, 7) is 3.39. The van der Waals surface area contributed by atoms with E-state index in [4.69, 9.17) is 28.6 Å². The summed E-state index contributed by atoms with van der Waals surface area (Å²) >= 11 is 11.0. The van der Waals surface area contributed by atoms with Gasteiger partial charge in [-0.25, -0.2) is 0 Å². The summed E-state index contributed by atoms with van der Waals surface area (Å²) in [5, 5.41) is 13.5. The second kappa shape index (κ2) is 11.0. The molecule has 0 heterocycles. The molecule has 0 radical (unpaired) electrons. The number of thiocarbonyl (C=S) groups is 1. The Balaban J connectivity index is 1.74. The molecule has 0 unspecified atom stereocenters. The zero-order valence-corrected chi connectivity index (χ0v) is 18.2. The molecule has 11 heteroatoms. The fraction of sp³-hybridized carbons (Fsp3) is 0.150. The number of amides is 2. The summed E-state index contributed by atoms with van der Waals surface area (Å²) in [4.78, 5) is 33.8. The van der Waals surface area contributed by atoms with Gasteiger partial charge in [0.1, 0.15) is 5.75 Å². The highest BCUT2D eigenvalue weighted by Gasteiger charge is 2.08. The molecule has 0 spiro atoms. The number of carbonyl (C=O) groups excluding carboxylic acids is 2. The van der Waals surface area contributed by atoms with Gasteiger partial charge in [0, 0.05) is 23.2 Å². The largest absolute Gasteiger partial charge is 0.484 e. The fourth-order valence-electron chi connectivity index (χ4n) is 2.36. The molecule has 162 valence electrons. The van der Waals surface area contributed by atoms with Crippen molar-refractivity contribution in [1.82, 2.24) is 16.2 Å². The molecule has 2 rings (SSSR count). The van der Waals surface area contributed by atoms with Crippen LogP contribution in [0.25, 0.3) is 6.08 Å². The standard InChI is InChI=1S/C20H19ClN4O5S/c1-12-9-16(10-13(2)19(12)21)30-11-18(27)23-24-20(31)22-17(26)8-5-14-3-6-15(7-4-14)25(28)29/h3-10H,11H2,1-2H3,(H,23,27)(H2,22,24,26,31)/b8-5+. The first kappa shape index (κ1) is 23.8. The molecule has 0 aliphatic rings. The fourth-order valence-corrected chi connectivity index (χ4v) is 2.63. The van der Waals surface area contributed by atoms with Crippen LogP contribution in [0.1, 0.15) is 16.7 Å². The van der Waals surface area contributed by atoms with Crippen LogP contribution >= 0.6 is 23.8 Å². The summed E-state index contributed by atoms with van der Waals surface area (Å²) in [6, 6.07) is 9.10. The van der Waals surface area contributed by atoms with Gasteiger partial charge in [-0.15, -0.1) is 0 Å². The summed E-state index contributed by atoms with van der Waals surface area (Å²) < 4.78 is 5.41. The van der Waals surface area contributed by atoms with Crippen LogP contribution in [0.2, 0.25) is 5.02 Å². The highest BCUT2D eigenvalue weighted by atomic mass is 35.5. The van der Waals surface area contributed by atoms with Crippen molar-refractivity contribution in [2.24, 2.45) is 0 Å². The van der Waals surface area contributed by atoms with Gasteiger partial charge in [-0.3, -0.25) is 35.9 Å². The van der Waals surface area contributed by atoms with Crippen LogP contribution < -0.4 is 20.9 Å². The molecule has 0 aliphatic heterocycles. The summed E-state index contributed by atoms with van der Waals surface area (Å²) in [5.74, 6) is -0.557. The van der Waals surface area contributed by atoms with E-state index in [2.05, 4.69) is 16.2 Å². The Morgan fingerprint density at radius 2 is 1.77 bits per heavy atom. The van der Waals surface area contributed by atoms with E-state index in [1.54, 1.807) is 12.1 Å². The molecule has 0 fully saturated rings. The molecule has 9 nitrogen and oxygen atoms in total. The van der Waals surface area contributed by atoms with Crippen LogP contribution in [-0.2, 0) is 9.59 Å². The first-order valence-electron chi connectivity index (χ1n) is 8.87. The van der Waals surface area contributed by atoms with Crippen molar-refractivity contribution >= 4 is 52.5 Å². The highest BCUT2D eigenvalue weighted by Crippen LogP contribution is 2.25. The lowest BCUT2D eigenvalue weighted by molar-refractivity contribution is -0.384. The molecule has 0 aromatic heterocycles. The monoisotopic (exact) mass is 462 g/mol. The minimum atomic E-state index is -0.548. The number of nitro benzene ring substituents is 1. The Hall–Kier alpha value is -3.50. The van der Waals surface area contributed by atoms with Crippen LogP contribution in [0.5, 0.6) is 5.75 Å². The van der Waals surface area contributed by atoms with Gasteiger partial charge in [0.25, 0.3) is 11.6 Å². The van der Waals surface area contributed by atoms with Crippen LogP contribution in [0.15, 0.2) is 42.5 Å². The Bertz CT molecular complexity index is 1020. The van der Waals surface area contributed by atoms with Crippen LogP contribution in [0.3, 0.4) is 0 Å². The molecule has 31 heavy (non-hydrogen) atoms. The number of non-ortho nitro benzene ring substituents is 1. The molecular formula is C20H19ClN4O5S. The summed E-state index contributed by atoms with van der Waals surface area (Å²) in [7, 11) is 0. The van der Waals surface area contributed by atoms with Crippen molar-refractivity contribution in [2.75, 3.05) is 6.61 Å². The molecule has 2 amide bonds. The molecule has 0 saturated carbocycles. The second-order valence-corrected chi connectivity index (χ2v) is 7.12. The number of rotatable bonds is 6. The zero-order chi connectivity index (χ0) is 23.0. The number of hydrogen-bond acceptors (Lipinski definition) is 6. The predicted molar refractivity (Wildman–Crippen MR) is 121 cm³/mol. The third-order valence-corrected chi connectivity index (χ3v) is 4.66. The average molecular weight is 463 g/mol. The van der Waals surface area contributed by atoms with Crippen molar-refractivity contribution in [3.63, 3.8) is 0 Å². The minimum absolute atomic E-state index is 0.0481. The number of nitrogens with one attached hydrogen (secondary N) is 3. The zero-order valence-electron chi connectivity index (χ0n) is 16.6. The number of aryl methyl sites for hydroxylation is 2. The Morgan fingerprint density at radius 1 is 1.16 bits per heavy atom. The van der Waals surface area contributed by atoms with Crippen molar-refractivity contribution in [2.45, 2.75) is 13.8 Å². The molecule has 3 N–H and O–H groups in total. The Labute approximate surface area is 188 Å². The molecule has 0 aliphatic carbocycles. The summed E-state index contributed by atoms with van der Waals surface area (Å²) in [6.07, 6.45) is 2.66. The molecule has 0 saturated heterocycles. The van der Waals surface area contributed by atoms with Gasteiger partial charge in [0.2, 0.25) is 5.91 Å². The van der Waals surface area contributed by atoms with Gasteiger partial charge in [-0.2, -0.15) is 0 Å². The lowest BCUT2D eigenvalue weighted by Gasteiger charge is -2.12. The number of ether oxygens (including phenoxy) is 1. The second-order valence-electron chi connectivity index (χ2n) is 6.33. The molecular weight excluding hydrogens is 444 g/mol. The lowest BCUT2D eigenvalue weighted by atomic mass is 10.1. The van der Waals surface area contributed by atoms with E-state index >= 15 is 0 Å². The third-order valence-electron chi connectivity index (χ3n) is 3.86. The Morgan fingerprint density at radius 3 is 2.35 bits per heavy atom. The van der Waals surface area contributed by atoms with E-state index in [-0.39, 0.29) is 17.4 Å². The topological polar surface area (TPSA) is 123 Å². The van der Waals surface area contributed by atoms with Gasteiger partial charge in [0.05, 0.1) is 4.92 Å². The lowest BCUT2D eigenvalue weighted by Crippen LogP contribution is -2.49. The van der Waals surface area contributed by atoms with Crippen LogP contribution in [0.4, 0.5) is 5.69 Å². The third kappa shape index (κ3) is 7.68. The van der Waals surface area contributed by atoms with Crippen LogP contribution in [0, 0.1) is 24.0 Å². The number of benzene rings is 2. The molecule has 2 aromatic rings. The van der Waals surface area contributed by atoms with Crippen molar-refractivity contribution in [3.05, 3.63) is 74.3 Å². The maximum Gasteiger partial charge on any atom is 0.276 e. The molecule has 0 atom stereocenters. The minimum Gasteiger partial charge on any atom is -0.484 e. The first-order chi connectivity index (χ1) is 14.7. The number of hydrazine groups is 1. The van der Waals surface area contributed by atoms with Crippen molar-refractivity contribution in [1.29, 1.82) is 0 Å². The number of nitrogens with zero attached hydrogens (tertiary/aromatic N) is 1. The van der Waals surface area contributed by atoms with Gasteiger partial charge in [-0.1, -0.05) is 11.6 Å². The van der Waals surface area contributed by atoms with E-state index in [1.807, 2.05) is 13.8 Å². The smallest absolute Gasteiger partial charge is 0.276 e. The SMILES string of the molecule is Cc1cc(OCC(=O)NNC(=S)NC(=O)/C=C/c2ccc([N+](=O)[O-])cc2)cc(C)c1Cl. The van der Waals surface area contributed by atoms with Gasteiger partial charge >= 0.3 is 0 Å². The molecule has 2 aromatic carbocycles.